The van der Waals surface area contributed by atoms with Gasteiger partial charge in [0.05, 0.1) is 0 Å². The zero-order chi connectivity index (χ0) is 17.3. The van der Waals surface area contributed by atoms with Crippen molar-refractivity contribution in [3.63, 3.8) is 0 Å². The number of rotatable bonds is 11. The molecule has 0 saturated carbocycles. The molecule has 0 saturated heterocycles. The van der Waals surface area contributed by atoms with Gasteiger partial charge in [0.25, 0.3) is 0 Å². The monoisotopic (exact) mass is 436 g/mol. The third kappa shape index (κ3) is 5.08. The maximum absolute atomic E-state index is 6.00. The summed E-state index contributed by atoms with van der Waals surface area (Å²) in [6.07, 6.45) is 11.5. The van der Waals surface area contributed by atoms with E-state index in [0.717, 1.165) is 11.3 Å². The van der Waals surface area contributed by atoms with Crippen LogP contribution in [0.5, 0.6) is 0 Å². The predicted molar refractivity (Wildman–Crippen MR) is 104 cm³/mol. The fourth-order valence-electron chi connectivity index (χ4n) is 3.47. The van der Waals surface area contributed by atoms with E-state index in [1.807, 2.05) is 24.5 Å². The van der Waals surface area contributed by atoms with Gasteiger partial charge in [0.1, 0.15) is 0 Å². The molecular formula is C20H32N2OSn. The zero-order valence-corrected chi connectivity index (χ0v) is 18.4. The van der Waals surface area contributed by atoms with Gasteiger partial charge in [-0.2, -0.15) is 0 Å². The normalized spacial score (nSPS) is 11.8. The Morgan fingerprint density at radius 2 is 1.42 bits per heavy atom. The van der Waals surface area contributed by atoms with E-state index in [4.69, 9.17) is 4.52 Å². The number of unbranched alkanes of at least 4 members (excludes halogenated alkanes) is 3. The summed E-state index contributed by atoms with van der Waals surface area (Å²) in [5, 5.41) is 4.43. The van der Waals surface area contributed by atoms with Gasteiger partial charge in [0.15, 0.2) is 0 Å². The summed E-state index contributed by atoms with van der Waals surface area (Å²) >= 11 is -2.48. The van der Waals surface area contributed by atoms with Crippen molar-refractivity contribution in [3.8, 4) is 11.3 Å². The van der Waals surface area contributed by atoms with Crippen LogP contribution in [0.25, 0.3) is 11.3 Å². The molecule has 0 bridgehead atoms. The Morgan fingerprint density at radius 1 is 0.875 bits per heavy atom. The molecular weight excluding hydrogens is 403 g/mol. The average Bonchev–Trinajstić information content (AvgIpc) is 3.13. The second-order valence-corrected chi connectivity index (χ2v) is 19.9. The molecule has 0 aliphatic rings. The van der Waals surface area contributed by atoms with Gasteiger partial charge in [0, 0.05) is 0 Å². The summed E-state index contributed by atoms with van der Waals surface area (Å²) in [6, 6.07) is 6.30. The fraction of sp³-hybridized carbons (Fsp3) is 0.600. The SMILES string of the molecule is CCC[CH2][Sn]([CH2]CCC)([CH2]CCC)[c]1cc(-c2ccncc2)no1. The van der Waals surface area contributed by atoms with E-state index in [9.17, 15) is 0 Å². The van der Waals surface area contributed by atoms with Crippen LogP contribution in [0.2, 0.25) is 13.3 Å². The topological polar surface area (TPSA) is 38.9 Å². The molecule has 2 heterocycles. The van der Waals surface area contributed by atoms with Crippen LogP contribution in [0.3, 0.4) is 0 Å². The summed E-state index contributed by atoms with van der Waals surface area (Å²) in [7, 11) is 0. The molecule has 0 aliphatic heterocycles. The maximum atomic E-state index is 6.00. The van der Waals surface area contributed by atoms with Gasteiger partial charge in [-0.1, -0.05) is 0 Å². The van der Waals surface area contributed by atoms with Crippen molar-refractivity contribution < 1.29 is 4.52 Å². The van der Waals surface area contributed by atoms with Gasteiger partial charge in [0.2, 0.25) is 0 Å². The van der Waals surface area contributed by atoms with E-state index in [1.54, 1.807) is 0 Å². The predicted octanol–water partition coefficient (Wildman–Crippen LogP) is 5.79. The first-order chi connectivity index (χ1) is 11.8. The van der Waals surface area contributed by atoms with Crippen molar-refractivity contribution in [2.45, 2.75) is 72.6 Å². The Kier molecular flexibility index (Phi) is 8.29. The number of hydrogen-bond acceptors (Lipinski definition) is 3. The Bertz CT molecular complexity index is 561. The van der Waals surface area contributed by atoms with Gasteiger partial charge in [-0.25, -0.2) is 0 Å². The minimum atomic E-state index is -2.48. The molecule has 0 radical (unpaired) electrons. The van der Waals surface area contributed by atoms with Gasteiger partial charge in [-0.3, -0.25) is 0 Å². The minimum absolute atomic E-state index is 0.984. The summed E-state index contributed by atoms with van der Waals surface area (Å²) < 4.78 is 11.5. The van der Waals surface area contributed by atoms with Crippen LogP contribution in [0.4, 0.5) is 0 Å². The molecule has 2 aromatic rings. The van der Waals surface area contributed by atoms with E-state index in [0.29, 0.717) is 0 Å². The first-order valence-corrected chi connectivity index (χ1v) is 17.1. The van der Waals surface area contributed by atoms with Crippen molar-refractivity contribution in [2.75, 3.05) is 0 Å². The van der Waals surface area contributed by atoms with Crippen LogP contribution >= 0.6 is 0 Å². The van der Waals surface area contributed by atoms with E-state index >= 15 is 0 Å². The molecule has 3 nitrogen and oxygen atoms in total. The van der Waals surface area contributed by atoms with E-state index in [1.165, 1.54) is 55.6 Å². The van der Waals surface area contributed by atoms with Crippen LogP contribution in [0.1, 0.15) is 59.3 Å². The molecule has 0 atom stereocenters. The quantitative estimate of drug-likeness (QED) is 0.420. The van der Waals surface area contributed by atoms with Crippen LogP contribution in [-0.2, 0) is 0 Å². The molecule has 0 fully saturated rings. The number of nitrogens with zero attached hydrogens (tertiary/aromatic N) is 2. The molecule has 2 rings (SSSR count). The second kappa shape index (κ2) is 10.2. The summed E-state index contributed by atoms with van der Waals surface area (Å²) in [5.41, 5.74) is 2.10. The fourth-order valence-corrected chi connectivity index (χ4v) is 18.5. The van der Waals surface area contributed by atoms with Crippen molar-refractivity contribution in [2.24, 2.45) is 0 Å². The van der Waals surface area contributed by atoms with Crippen LogP contribution < -0.4 is 3.78 Å². The standard InChI is InChI=1S/C8H5N2O.3C4H9.Sn/c1-4-9-5-2-7(1)8-3-6-11-10-8;3*1-3-4-2;/h1-5H;3*1,3-4H2,2H3;. The van der Waals surface area contributed by atoms with Crippen molar-refractivity contribution >= 4 is 22.2 Å². The van der Waals surface area contributed by atoms with Crippen LogP contribution in [0, 0.1) is 0 Å². The van der Waals surface area contributed by atoms with Gasteiger partial charge in [-0.15, -0.1) is 0 Å². The molecule has 0 aliphatic carbocycles. The number of hydrogen-bond donors (Lipinski definition) is 0. The molecule has 0 spiro atoms. The first kappa shape index (κ1) is 19.5. The first-order valence-electron chi connectivity index (χ1n) is 9.63. The van der Waals surface area contributed by atoms with Gasteiger partial charge < -0.3 is 0 Å². The molecule has 2 aromatic heterocycles. The molecule has 0 N–H and O–H groups in total. The summed E-state index contributed by atoms with van der Waals surface area (Å²) in [4.78, 5) is 4.10. The zero-order valence-electron chi connectivity index (χ0n) is 15.6. The van der Waals surface area contributed by atoms with E-state index in [2.05, 4.69) is 37.0 Å². The number of aromatic nitrogens is 2. The van der Waals surface area contributed by atoms with Gasteiger partial charge >= 0.3 is 151 Å². The average molecular weight is 435 g/mol. The molecule has 0 amide bonds. The molecule has 0 unspecified atom stereocenters. The Hall–Kier alpha value is -0.841. The summed E-state index contributed by atoms with van der Waals surface area (Å²) in [5.74, 6) is 0. The van der Waals surface area contributed by atoms with Crippen LogP contribution in [0.15, 0.2) is 35.1 Å². The van der Waals surface area contributed by atoms with Crippen molar-refractivity contribution in [1.29, 1.82) is 0 Å². The second-order valence-electron chi connectivity index (χ2n) is 6.90. The van der Waals surface area contributed by atoms with E-state index < -0.39 is 18.4 Å². The Balaban J connectivity index is 2.31. The molecule has 132 valence electrons. The van der Waals surface area contributed by atoms with E-state index in [-0.39, 0.29) is 0 Å². The van der Waals surface area contributed by atoms with Crippen molar-refractivity contribution in [3.05, 3.63) is 30.6 Å². The van der Waals surface area contributed by atoms with Gasteiger partial charge in [-0.05, 0) is 0 Å². The molecule has 4 heteroatoms. The summed E-state index contributed by atoms with van der Waals surface area (Å²) in [6.45, 7) is 6.91. The molecule has 24 heavy (non-hydrogen) atoms. The Morgan fingerprint density at radius 3 is 1.92 bits per heavy atom. The third-order valence-electron chi connectivity index (χ3n) is 5.04. The Labute approximate surface area is 151 Å². The third-order valence-corrected chi connectivity index (χ3v) is 19.9. The van der Waals surface area contributed by atoms with Crippen LogP contribution in [-0.4, -0.2) is 28.5 Å². The number of pyridine rings is 1. The molecule has 0 aromatic carbocycles. The van der Waals surface area contributed by atoms with Crippen molar-refractivity contribution in [1.82, 2.24) is 10.1 Å².